The average Bonchev–Trinajstić information content (AvgIpc) is 2.59. The Morgan fingerprint density at radius 1 is 0.750 bits per heavy atom. The van der Waals surface area contributed by atoms with Crippen LogP contribution in [0.25, 0.3) is 0 Å². The highest BCUT2D eigenvalue weighted by Gasteiger charge is 1.88. The van der Waals surface area contributed by atoms with Crippen molar-refractivity contribution in [2.45, 2.75) is 65.2 Å². The van der Waals surface area contributed by atoms with E-state index in [0.29, 0.717) is 0 Å². The van der Waals surface area contributed by atoms with E-state index < -0.39 is 25.5 Å². The van der Waals surface area contributed by atoms with Gasteiger partial charge in [0.25, 0.3) is 0 Å². The molecule has 0 spiro atoms. The van der Waals surface area contributed by atoms with Crippen molar-refractivity contribution in [3.63, 3.8) is 0 Å². The highest BCUT2D eigenvalue weighted by atomic mass is 16.6. The average molecular weight is 346 g/mol. The van der Waals surface area contributed by atoms with Crippen LogP contribution in [0.3, 0.4) is 0 Å². The summed E-state index contributed by atoms with van der Waals surface area (Å²) in [6.45, 7) is 9.57. The Morgan fingerprint density at radius 3 is 1.21 bits per heavy atom. The molecule has 6 heteroatoms. The predicted molar refractivity (Wildman–Crippen MR) is 95.0 cm³/mol. The Kier molecular flexibility index (Phi) is 29.7. The zero-order valence-electron chi connectivity index (χ0n) is 15.2. The Morgan fingerprint density at radius 2 is 1.04 bits per heavy atom. The Bertz CT molecular complexity index is 272. The summed E-state index contributed by atoms with van der Waals surface area (Å²) >= 11 is 0. The topological polar surface area (TPSA) is 93.1 Å². The summed E-state index contributed by atoms with van der Waals surface area (Å²) in [4.78, 5) is 19.8. The highest BCUT2D eigenvalue weighted by Crippen LogP contribution is 2.07. The van der Waals surface area contributed by atoms with Crippen LogP contribution in [-0.2, 0) is 19.1 Å². The van der Waals surface area contributed by atoms with E-state index >= 15 is 0 Å². The molecule has 0 unspecified atom stereocenters. The van der Waals surface area contributed by atoms with Crippen molar-refractivity contribution < 1.29 is 29.3 Å². The maximum atomic E-state index is 9.91. The van der Waals surface area contributed by atoms with Crippen LogP contribution >= 0.6 is 0 Å². The smallest absolute Gasteiger partial charge is 0.332 e. The minimum Gasteiger partial charge on any atom is -0.436 e. The van der Waals surface area contributed by atoms with Gasteiger partial charge < -0.3 is 19.7 Å². The minimum absolute atomic E-state index is 0.579. The number of aliphatic hydroxyl groups excluding tert-OH is 2. The van der Waals surface area contributed by atoms with Gasteiger partial charge in [0.2, 0.25) is 0 Å². The lowest BCUT2D eigenvalue weighted by Gasteiger charge is -1.97. The van der Waals surface area contributed by atoms with Crippen molar-refractivity contribution in [3.05, 3.63) is 25.3 Å². The third kappa shape index (κ3) is 32.3. The zero-order valence-corrected chi connectivity index (χ0v) is 15.2. The second-order valence-corrected chi connectivity index (χ2v) is 4.71. The first kappa shape index (κ1) is 27.2. The van der Waals surface area contributed by atoms with Gasteiger partial charge in [-0.15, -0.1) is 0 Å². The molecule has 0 fully saturated rings. The summed E-state index contributed by atoms with van der Waals surface area (Å²) in [6.07, 6.45) is 13.4. The molecule has 6 nitrogen and oxygen atoms in total. The largest absolute Gasteiger partial charge is 0.436 e. The lowest BCUT2D eigenvalue weighted by molar-refractivity contribution is -0.146. The normalized spacial score (nSPS) is 8.67. The van der Waals surface area contributed by atoms with Crippen molar-refractivity contribution in [2.75, 3.05) is 13.6 Å². The standard InChI is InChI=1S/C10H22.2C4H6O3/c1-3-5-7-9-10-8-6-4-2;2*1-2-4(6)7-3-5/h3-10H2,1-2H3;2*2,5H,1,3H2. The van der Waals surface area contributed by atoms with Crippen LogP contribution in [0.4, 0.5) is 0 Å². The van der Waals surface area contributed by atoms with E-state index in [1.54, 1.807) is 0 Å². The van der Waals surface area contributed by atoms with Crippen LogP contribution in [0, 0.1) is 0 Å². The number of hydrogen-bond acceptors (Lipinski definition) is 6. The molecule has 0 aliphatic rings. The Hall–Kier alpha value is -1.66. The Labute approximate surface area is 146 Å². The number of carbonyl (C=O) groups excluding carboxylic acids is 2. The molecule has 0 rings (SSSR count). The highest BCUT2D eigenvalue weighted by molar-refractivity contribution is 5.81. The SMILES string of the molecule is C=CC(=O)OCO.C=CC(=O)OCO.CCCCCCCCCC. The van der Waals surface area contributed by atoms with Crippen molar-refractivity contribution in [1.29, 1.82) is 0 Å². The molecule has 0 saturated carbocycles. The number of unbranched alkanes of at least 4 members (excludes halogenated alkanes) is 7. The molecular formula is C18H34O6. The first-order valence-electron chi connectivity index (χ1n) is 8.33. The fraction of sp³-hybridized carbons (Fsp3) is 0.667. The first-order chi connectivity index (χ1) is 11.5. The molecule has 0 aliphatic heterocycles. The number of hydrogen-bond donors (Lipinski definition) is 2. The van der Waals surface area contributed by atoms with Gasteiger partial charge in [-0.05, 0) is 0 Å². The molecule has 0 aromatic rings. The molecule has 24 heavy (non-hydrogen) atoms. The van der Waals surface area contributed by atoms with Gasteiger partial charge in [-0.2, -0.15) is 0 Å². The van der Waals surface area contributed by atoms with Crippen molar-refractivity contribution in [1.82, 2.24) is 0 Å². The van der Waals surface area contributed by atoms with Crippen molar-refractivity contribution >= 4 is 11.9 Å². The molecule has 0 heterocycles. The maximum Gasteiger partial charge on any atom is 0.332 e. The van der Waals surface area contributed by atoms with Gasteiger partial charge in [0.15, 0.2) is 13.6 Å². The molecule has 0 bridgehead atoms. The van der Waals surface area contributed by atoms with Gasteiger partial charge in [0.1, 0.15) is 0 Å². The second-order valence-electron chi connectivity index (χ2n) is 4.71. The molecule has 142 valence electrons. The molecule has 0 saturated heterocycles. The molecule has 0 amide bonds. The van der Waals surface area contributed by atoms with E-state index in [9.17, 15) is 9.59 Å². The van der Waals surface area contributed by atoms with Crippen molar-refractivity contribution in [3.8, 4) is 0 Å². The van der Waals surface area contributed by atoms with Crippen LogP contribution in [-0.4, -0.2) is 35.7 Å². The lowest BCUT2D eigenvalue weighted by Crippen LogP contribution is -1.99. The summed E-state index contributed by atoms with van der Waals surface area (Å²) in [5, 5.41) is 15.8. The zero-order chi connectivity index (χ0) is 19.1. The minimum atomic E-state index is -0.609. The van der Waals surface area contributed by atoms with Gasteiger partial charge >= 0.3 is 11.9 Å². The van der Waals surface area contributed by atoms with E-state index in [2.05, 4.69) is 36.5 Å². The quantitative estimate of drug-likeness (QED) is 0.257. The van der Waals surface area contributed by atoms with E-state index in [1.165, 1.54) is 51.4 Å². The van der Waals surface area contributed by atoms with Gasteiger partial charge in [-0.1, -0.05) is 78.4 Å². The third-order valence-electron chi connectivity index (χ3n) is 2.70. The number of rotatable bonds is 11. The van der Waals surface area contributed by atoms with E-state index in [4.69, 9.17) is 10.2 Å². The van der Waals surface area contributed by atoms with Crippen LogP contribution in [0.1, 0.15) is 65.2 Å². The lowest BCUT2D eigenvalue weighted by atomic mass is 10.1. The fourth-order valence-electron chi connectivity index (χ4n) is 1.45. The van der Waals surface area contributed by atoms with Crippen LogP contribution in [0.5, 0.6) is 0 Å². The van der Waals surface area contributed by atoms with Gasteiger partial charge in [0, 0.05) is 12.2 Å². The molecule has 0 aromatic carbocycles. The first-order valence-corrected chi connectivity index (χ1v) is 8.33. The fourth-order valence-corrected chi connectivity index (χ4v) is 1.45. The van der Waals surface area contributed by atoms with E-state index in [1.807, 2.05) is 0 Å². The van der Waals surface area contributed by atoms with Gasteiger partial charge in [-0.25, -0.2) is 9.59 Å². The van der Waals surface area contributed by atoms with Crippen LogP contribution in [0.15, 0.2) is 25.3 Å². The Balaban J connectivity index is -0.000000283. The van der Waals surface area contributed by atoms with Crippen molar-refractivity contribution in [2.24, 2.45) is 0 Å². The number of carbonyl (C=O) groups is 2. The van der Waals surface area contributed by atoms with Gasteiger partial charge in [0.05, 0.1) is 0 Å². The predicted octanol–water partition coefficient (Wildman–Crippen LogP) is 3.48. The van der Waals surface area contributed by atoms with E-state index in [0.717, 1.165) is 12.2 Å². The number of ether oxygens (including phenoxy) is 2. The van der Waals surface area contributed by atoms with Gasteiger partial charge in [-0.3, -0.25) is 0 Å². The molecule has 0 radical (unpaired) electrons. The number of aliphatic hydroxyl groups is 2. The van der Waals surface area contributed by atoms with E-state index in [-0.39, 0.29) is 0 Å². The molecule has 0 atom stereocenters. The monoisotopic (exact) mass is 346 g/mol. The summed E-state index contributed by atoms with van der Waals surface area (Å²) in [5.74, 6) is -1.22. The summed E-state index contributed by atoms with van der Waals surface area (Å²) in [7, 11) is 0. The molecule has 2 N–H and O–H groups in total. The second kappa shape index (κ2) is 26.2. The number of esters is 2. The maximum absolute atomic E-state index is 9.91. The third-order valence-corrected chi connectivity index (χ3v) is 2.70. The van der Waals surface area contributed by atoms with Crippen LogP contribution < -0.4 is 0 Å². The molecule has 0 aliphatic carbocycles. The van der Waals surface area contributed by atoms with Crippen LogP contribution in [0.2, 0.25) is 0 Å². The molecule has 0 aromatic heterocycles. The summed E-state index contributed by atoms with van der Waals surface area (Å²) in [6, 6.07) is 0. The molecular weight excluding hydrogens is 312 g/mol. The summed E-state index contributed by atoms with van der Waals surface area (Å²) < 4.78 is 7.98. The summed E-state index contributed by atoms with van der Waals surface area (Å²) in [5.41, 5.74) is 0.